The lowest BCUT2D eigenvalue weighted by molar-refractivity contribution is -0.142. The lowest BCUT2D eigenvalue weighted by Gasteiger charge is -2.10. The molecule has 0 aliphatic rings. The lowest BCUT2D eigenvalue weighted by atomic mass is 10.2. The van der Waals surface area contributed by atoms with Crippen LogP contribution in [0.2, 0.25) is 5.02 Å². The van der Waals surface area contributed by atoms with E-state index in [9.17, 15) is 9.59 Å². The van der Waals surface area contributed by atoms with Gasteiger partial charge in [-0.3, -0.25) is 4.79 Å². The molecule has 2 aromatic rings. The molecule has 2 rings (SSSR count). The second kappa shape index (κ2) is 9.17. The summed E-state index contributed by atoms with van der Waals surface area (Å²) >= 11 is 12.6. The Bertz CT molecular complexity index is 814. The van der Waals surface area contributed by atoms with Gasteiger partial charge < -0.3 is 10.1 Å². The van der Waals surface area contributed by atoms with Gasteiger partial charge >= 0.3 is 5.97 Å². The number of hydrogen-bond acceptors (Lipinski definition) is 3. The van der Waals surface area contributed by atoms with Crippen LogP contribution in [0.15, 0.2) is 51.4 Å². The zero-order chi connectivity index (χ0) is 18.4. The highest BCUT2D eigenvalue weighted by Gasteiger charge is 2.11. The standard InChI is InChI=1S/C18H14Br2ClNO3/c1-11-7-14(19)18(15(20)8-11)22-16(23)10-25-17(24)6-5-12-3-2-4-13(21)9-12/h2-9H,10H2,1H3,(H,22,23)/b6-5+. The summed E-state index contributed by atoms with van der Waals surface area (Å²) in [6.45, 7) is 1.56. The summed E-state index contributed by atoms with van der Waals surface area (Å²) in [7, 11) is 0. The summed E-state index contributed by atoms with van der Waals surface area (Å²) in [5.41, 5.74) is 2.39. The van der Waals surface area contributed by atoms with Gasteiger partial charge in [0.25, 0.3) is 5.91 Å². The summed E-state index contributed by atoms with van der Waals surface area (Å²) in [6.07, 6.45) is 2.82. The summed E-state index contributed by atoms with van der Waals surface area (Å²) < 4.78 is 6.40. The molecule has 2 aromatic carbocycles. The molecule has 1 N–H and O–H groups in total. The van der Waals surface area contributed by atoms with Crippen molar-refractivity contribution in [3.8, 4) is 0 Å². The van der Waals surface area contributed by atoms with Crippen molar-refractivity contribution in [2.45, 2.75) is 6.92 Å². The molecule has 0 atom stereocenters. The fourth-order valence-corrected chi connectivity index (χ4v) is 3.77. The van der Waals surface area contributed by atoms with Crippen molar-refractivity contribution in [3.63, 3.8) is 0 Å². The van der Waals surface area contributed by atoms with E-state index in [-0.39, 0.29) is 6.61 Å². The highest BCUT2D eigenvalue weighted by atomic mass is 79.9. The third-order valence-electron chi connectivity index (χ3n) is 3.06. The Morgan fingerprint density at radius 1 is 1.20 bits per heavy atom. The molecule has 25 heavy (non-hydrogen) atoms. The van der Waals surface area contributed by atoms with E-state index in [0.29, 0.717) is 10.7 Å². The van der Waals surface area contributed by atoms with Crippen LogP contribution in [-0.4, -0.2) is 18.5 Å². The molecule has 0 saturated heterocycles. The minimum atomic E-state index is -0.614. The van der Waals surface area contributed by atoms with Gasteiger partial charge in [0.1, 0.15) is 0 Å². The predicted octanol–water partition coefficient (Wildman–Crippen LogP) is 5.37. The quantitative estimate of drug-likeness (QED) is 0.456. The van der Waals surface area contributed by atoms with Crippen molar-refractivity contribution in [1.82, 2.24) is 0 Å². The van der Waals surface area contributed by atoms with Crippen LogP contribution in [0.3, 0.4) is 0 Å². The molecule has 130 valence electrons. The molecule has 0 unspecified atom stereocenters. The van der Waals surface area contributed by atoms with E-state index in [2.05, 4.69) is 37.2 Å². The number of nitrogens with one attached hydrogen (secondary N) is 1. The second-order valence-corrected chi connectivity index (χ2v) is 7.29. The number of amides is 1. The van der Waals surface area contributed by atoms with Crippen LogP contribution in [0.1, 0.15) is 11.1 Å². The Hall–Kier alpha value is -1.63. The average Bonchev–Trinajstić information content (AvgIpc) is 2.54. The molecular formula is C18H14Br2ClNO3. The first kappa shape index (κ1) is 19.7. The van der Waals surface area contributed by atoms with E-state index in [0.717, 1.165) is 20.1 Å². The SMILES string of the molecule is Cc1cc(Br)c(NC(=O)COC(=O)/C=C/c2cccc(Cl)c2)c(Br)c1. The van der Waals surface area contributed by atoms with E-state index in [1.807, 2.05) is 19.1 Å². The minimum absolute atomic E-state index is 0.383. The van der Waals surface area contributed by atoms with Crippen LogP contribution in [0.4, 0.5) is 5.69 Å². The summed E-state index contributed by atoms with van der Waals surface area (Å²) in [4.78, 5) is 23.6. The van der Waals surface area contributed by atoms with Crippen molar-refractivity contribution in [2.24, 2.45) is 0 Å². The van der Waals surface area contributed by atoms with E-state index in [1.165, 1.54) is 6.08 Å². The molecule has 7 heteroatoms. The number of carbonyl (C=O) groups is 2. The molecule has 0 aromatic heterocycles. The van der Waals surface area contributed by atoms with Crippen molar-refractivity contribution in [2.75, 3.05) is 11.9 Å². The van der Waals surface area contributed by atoms with Gasteiger partial charge in [0.05, 0.1) is 5.69 Å². The maximum absolute atomic E-state index is 12.0. The molecule has 0 aliphatic heterocycles. The molecule has 0 saturated carbocycles. The Morgan fingerprint density at radius 2 is 1.88 bits per heavy atom. The molecular weight excluding hydrogens is 473 g/mol. The zero-order valence-corrected chi connectivity index (χ0v) is 17.1. The summed E-state index contributed by atoms with van der Waals surface area (Å²) in [5, 5.41) is 3.26. The van der Waals surface area contributed by atoms with Gasteiger partial charge in [-0.1, -0.05) is 23.7 Å². The van der Waals surface area contributed by atoms with Gasteiger partial charge in [-0.15, -0.1) is 0 Å². The number of carbonyl (C=O) groups excluding carboxylic acids is 2. The fourth-order valence-electron chi connectivity index (χ4n) is 1.95. The number of ether oxygens (including phenoxy) is 1. The van der Waals surface area contributed by atoms with Crippen molar-refractivity contribution >= 4 is 67.1 Å². The molecule has 0 radical (unpaired) electrons. The van der Waals surface area contributed by atoms with Crippen molar-refractivity contribution < 1.29 is 14.3 Å². The van der Waals surface area contributed by atoms with Gasteiger partial charge in [0.2, 0.25) is 0 Å². The molecule has 0 spiro atoms. The van der Waals surface area contributed by atoms with E-state index < -0.39 is 11.9 Å². The van der Waals surface area contributed by atoms with Crippen LogP contribution in [-0.2, 0) is 14.3 Å². The molecule has 4 nitrogen and oxygen atoms in total. The molecule has 0 bridgehead atoms. The third kappa shape index (κ3) is 6.30. The van der Waals surface area contributed by atoms with Crippen LogP contribution in [0.25, 0.3) is 6.08 Å². The monoisotopic (exact) mass is 485 g/mol. The number of hydrogen-bond donors (Lipinski definition) is 1. The van der Waals surface area contributed by atoms with Crippen LogP contribution in [0.5, 0.6) is 0 Å². The highest BCUT2D eigenvalue weighted by Crippen LogP contribution is 2.32. The summed E-state index contributed by atoms with van der Waals surface area (Å²) in [6, 6.07) is 10.8. The van der Waals surface area contributed by atoms with Crippen LogP contribution < -0.4 is 5.32 Å². The second-order valence-electron chi connectivity index (χ2n) is 5.15. The summed E-state index contributed by atoms with van der Waals surface area (Å²) in [5.74, 6) is -1.05. The molecule has 0 fully saturated rings. The zero-order valence-electron chi connectivity index (χ0n) is 13.2. The highest BCUT2D eigenvalue weighted by molar-refractivity contribution is 9.11. The number of esters is 1. The number of halogens is 3. The maximum atomic E-state index is 12.0. The minimum Gasteiger partial charge on any atom is -0.452 e. The van der Waals surface area contributed by atoms with Crippen molar-refractivity contribution in [1.29, 1.82) is 0 Å². The van der Waals surface area contributed by atoms with E-state index in [4.69, 9.17) is 16.3 Å². The van der Waals surface area contributed by atoms with E-state index >= 15 is 0 Å². The molecule has 0 heterocycles. The largest absolute Gasteiger partial charge is 0.452 e. The first-order chi connectivity index (χ1) is 11.8. The van der Waals surface area contributed by atoms with Crippen LogP contribution >= 0.6 is 43.5 Å². The van der Waals surface area contributed by atoms with Crippen LogP contribution in [0, 0.1) is 6.92 Å². The van der Waals surface area contributed by atoms with E-state index in [1.54, 1.807) is 30.3 Å². The third-order valence-corrected chi connectivity index (χ3v) is 4.54. The first-order valence-electron chi connectivity index (χ1n) is 7.21. The van der Waals surface area contributed by atoms with Gasteiger partial charge in [0, 0.05) is 20.0 Å². The van der Waals surface area contributed by atoms with Gasteiger partial charge in [-0.2, -0.15) is 0 Å². The van der Waals surface area contributed by atoms with Gasteiger partial charge in [-0.05, 0) is 80.3 Å². The molecule has 0 aliphatic carbocycles. The van der Waals surface area contributed by atoms with Gasteiger partial charge in [0.15, 0.2) is 6.61 Å². The lowest BCUT2D eigenvalue weighted by Crippen LogP contribution is -2.20. The molecule has 1 amide bonds. The topological polar surface area (TPSA) is 55.4 Å². The Labute approximate surface area is 167 Å². The Morgan fingerprint density at radius 3 is 2.52 bits per heavy atom. The maximum Gasteiger partial charge on any atom is 0.331 e. The Kier molecular flexibility index (Phi) is 7.23. The van der Waals surface area contributed by atoms with Crippen molar-refractivity contribution in [3.05, 3.63) is 67.6 Å². The number of benzene rings is 2. The predicted molar refractivity (Wildman–Crippen MR) is 107 cm³/mol. The first-order valence-corrected chi connectivity index (χ1v) is 9.17. The van der Waals surface area contributed by atoms with Gasteiger partial charge in [-0.25, -0.2) is 4.79 Å². The smallest absolute Gasteiger partial charge is 0.331 e. The number of anilines is 1. The number of aryl methyl sites for hydroxylation is 1. The normalized spacial score (nSPS) is 10.7. The number of rotatable bonds is 5. The Balaban J connectivity index is 1.88. The average molecular weight is 488 g/mol. The fraction of sp³-hybridized carbons (Fsp3) is 0.111.